The Morgan fingerprint density at radius 3 is 1.76 bits per heavy atom. The molecule has 1 aliphatic rings. The summed E-state index contributed by atoms with van der Waals surface area (Å²) in [5.41, 5.74) is 1.92. The summed E-state index contributed by atoms with van der Waals surface area (Å²) in [5.74, 6) is 1.07. The molecule has 1 aromatic rings. The van der Waals surface area contributed by atoms with E-state index >= 15 is 0 Å². The van der Waals surface area contributed by atoms with Gasteiger partial charge in [-0.3, -0.25) is 4.57 Å². The van der Waals surface area contributed by atoms with Crippen LogP contribution in [0, 0.1) is 11.3 Å². The van der Waals surface area contributed by atoms with Crippen molar-refractivity contribution in [2.45, 2.75) is 150 Å². The summed E-state index contributed by atoms with van der Waals surface area (Å²) in [6.45, 7) is 24.8. The minimum absolute atomic E-state index is 0.0607. The average Bonchev–Trinajstić information content (AvgIpc) is 2.98. The summed E-state index contributed by atoms with van der Waals surface area (Å²) < 4.78 is 1.90. The number of aromatic nitrogens is 1. The first-order chi connectivity index (χ1) is 15.1. The molecule has 0 saturated carbocycles. The second-order valence-electron chi connectivity index (χ2n) is 12.8. The van der Waals surface area contributed by atoms with E-state index in [1.54, 1.807) is 0 Å². The molecule has 2 heterocycles. The van der Waals surface area contributed by atoms with Gasteiger partial charge in [-0.05, 0) is 76.5 Å². The van der Waals surface area contributed by atoms with E-state index in [-0.39, 0.29) is 27.9 Å². The second-order valence-corrected chi connectivity index (χ2v) is 12.8. The predicted octanol–water partition coefficient (Wildman–Crippen LogP) is 7.85. The van der Waals surface area contributed by atoms with Crippen LogP contribution in [0.25, 0.3) is 0 Å². The van der Waals surface area contributed by atoms with Crippen LogP contribution < -0.4 is 5.32 Å². The summed E-state index contributed by atoms with van der Waals surface area (Å²) in [6.07, 6.45) is 7.77. The van der Waals surface area contributed by atoms with Crippen LogP contribution in [0.5, 0.6) is 11.8 Å². The number of piperidine rings is 1. The minimum Gasteiger partial charge on any atom is -0.494 e. The van der Waals surface area contributed by atoms with Crippen molar-refractivity contribution >= 4 is 0 Å². The number of hydrogen-bond acceptors (Lipinski definition) is 3. The van der Waals surface area contributed by atoms with Gasteiger partial charge < -0.3 is 15.5 Å². The molecule has 0 aliphatic carbocycles. The van der Waals surface area contributed by atoms with Crippen molar-refractivity contribution in [2.75, 3.05) is 0 Å². The summed E-state index contributed by atoms with van der Waals surface area (Å²) in [5, 5.41) is 27.3. The maximum atomic E-state index is 11.8. The monoisotopic (exact) mass is 462 g/mol. The van der Waals surface area contributed by atoms with E-state index in [2.05, 4.69) is 81.5 Å². The van der Waals surface area contributed by atoms with Gasteiger partial charge >= 0.3 is 0 Å². The van der Waals surface area contributed by atoms with Gasteiger partial charge in [0.25, 0.3) is 0 Å². The summed E-state index contributed by atoms with van der Waals surface area (Å²) in [4.78, 5) is 0. The highest BCUT2D eigenvalue weighted by atomic mass is 16.3. The summed E-state index contributed by atoms with van der Waals surface area (Å²) >= 11 is 0. The van der Waals surface area contributed by atoms with Crippen molar-refractivity contribution in [3.05, 3.63) is 11.1 Å². The highest BCUT2D eigenvalue weighted by Crippen LogP contribution is 2.51. The van der Waals surface area contributed by atoms with E-state index in [9.17, 15) is 10.2 Å². The summed E-state index contributed by atoms with van der Waals surface area (Å²) in [6, 6.07) is 0.0607. The van der Waals surface area contributed by atoms with Crippen LogP contribution in [-0.4, -0.2) is 25.9 Å². The molecule has 3 N–H and O–H groups in total. The first-order valence-electron chi connectivity index (χ1n) is 13.6. The largest absolute Gasteiger partial charge is 0.494 e. The van der Waals surface area contributed by atoms with Gasteiger partial charge in [0.1, 0.15) is 0 Å². The van der Waals surface area contributed by atoms with Crippen LogP contribution in [0.1, 0.15) is 138 Å². The molecular formula is C29H54N2O2. The first kappa shape index (κ1) is 28.1. The Balaban J connectivity index is 2.72. The fourth-order valence-corrected chi connectivity index (χ4v) is 6.80. The van der Waals surface area contributed by atoms with E-state index in [0.29, 0.717) is 17.7 Å². The molecule has 1 unspecified atom stereocenters. The van der Waals surface area contributed by atoms with Gasteiger partial charge in [-0.15, -0.1) is 0 Å². The van der Waals surface area contributed by atoms with E-state index < -0.39 is 0 Å². The third-order valence-electron chi connectivity index (χ3n) is 9.49. The lowest BCUT2D eigenvalue weighted by molar-refractivity contribution is 0.122. The normalized spacial score (nSPS) is 20.2. The van der Waals surface area contributed by atoms with Crippen LogP contribution in [0.15, 0.2) is 0 Å². The smallest absolute Gasteiger partial charge is 0.198 e. The standard InChI is InChI=1S/C29H54N2O2/c1-12-20(28(10,13-2)14-3)17-22-23(29(11,15-4)16-5)25(33)31(24(22)32)21-18-26(6,7)30-27(8,9)19-21/h20-21,30,32-33H,12-19H2,1-11H3. The Labute approximate surface area is 204 Å². The SMILES string of the molecule is CCC(Cc1c(C(C)(CC)CC)c(O)n(C2CC(C)(C)NC(C)(C)C2)c1O)C(C)(CC)CC. The molecule has 192 valence electrons. The molecule has 33 heavy (non-hydrogen) atoms. The molecule has 4 heteroatoms. The molecule has 1 aromatic heterocycles. The minimum atomic E-state index is -0.160. The topological polar surface area (TPSA) is 57.4 Å². The van der Waals surface area contributed by atoms with Crippen molar-refractivity contribution in [1.29, 1.82) is 0 Å². The summed E-state index contributed by atoms with van der Waals surface area (Å²) in [7, 11) is 0. The van der Waals surface area contributed by atoms with Crippen molar-refractivity contribution in [2.24, 2.45) is 11.3 Å². The van der Waals surface area contributed by atoms with E-state index in [0.717, 1.165) is 62.5 Å². The molecule has 1 fully saturated rings. The van der Waals surface area contributed by atoms with Crippen LogP contribution in [0.4, 0.5) is 0 Å². The zero-order valence-electron chi connectivity index (χ0n) is 23.7. The fraction of sp³-hybridized carbons (Fsp3) is 0.862. The van der Waals surface area contributed by atoms with Gasteiger partial charge in [0, 0.05) is 28.2 Å². The molecule has 0 aromatic carbocycles. The number of nitrogens with one attached hydrogen (secondary N) is 1. The zero-order chi connectivity index (χ0) is 25.4. The van der Waals surface area contributed by atoms with E-state index in [1.165, 1.54) is 0 Å². The lowest BCUT2D eigenvalue weighted by atomic mass is 9.68. The molecule has 0 amide bonds. The average molecular weight is 463 g/mol. The molecule has 2 rings (SSSR count). The van der Waals surface area contributed by atoms with Gasteiger partial charge in [-0.25, -0.2) is 0 Å². The van der Waals surface area contributed by atoms with Gasteiger partial charge in [0.15, 0.2) is 11.8 Å². The van der Waals surface area contributed by atoms with Gasteiger partial charge in [0.05, 0.1) is 0 Å². The Morgan fingerprint density at radius 2 is 1.36 bits per heavy atom. The van der Waals surface area contributed by atoms with Crippen LogP contribution in [0.2, 0.25) is 0 Å². The maximum Gasteiger partial charge on any atom is 0.198 e. The van der Waals surface area contributed by atoms with Gasteiger partial charge in [-0.2, -0.15) is 0 Å². The fourth-order valence-electron chi connectivity index (χ4n) is 6.80. The van der Waals surface area contributed by atoms with Crippen LogP contribution >= 0.6 is 0 Å². The highest BCUT2D eigenvalue weighted by molar-refractivity contribution is 5.51. The first-order valence-corrected chi connectivity index (χ1v) is 13.6. The zero-order valence-corrected chi connectivity index (χ0v) is 23.7. The molecule has 1 aliphatic heterocycles. The lowest BCUT2D eigenvalue weighted by Crippen LogP contribution is -2.57. The van der Waals surface area contributed by atoms with Crippen molar-refractivity contribution in [1.82, 2.24) is 9.88 Å². The Morgan fingerprint density at radius 1 is 0.879 bits per heavy atom. The second kappa shape index (κ2) is 9.84. The Bertz CT molecular complexity index is 781. The molecule has 0 radical (unpaired) electrons. The number of hydrogen-bond donors (Lipinski definition) is 3. The molecular weight excluding hydrogens is 408 g/mol. The van der Waals surface area contributed by atoms with Crippen molar-refractivity contribution in [3.8, 4) is 11.8 Å². The van der Waals surface area contributed by atoms with E-state index in [1.807, 2.05) is 4.57 Å². The molecule has 4 nitrogen and oxygen atoms in total. The third-order valence-corrected chi connectivity index (χ3v) is 9.49. The molecule has 1 saturated heterocycles. The van der Waals surface area contributed by atoms with Crippen molar-refractivity contribution in [3.63, 3.8) is 0 Å². The number of rotatable bonds is 10. The third kappa shape index (κ3) is 5.41. The van der Waals surface area contributed by atoms with Crippen LogP contribution in [0.3, 0.4) is 0 Å². The lowest BCUT2D eigenvalue weighted by Gasteiger charge is -2.47. The highest BCUT2D eigenvalue weighted by Gasteiger charge is 2.43. The van der Waals surface area contributed by atoms with E-state index in [4.69, 9.17) is 0 Å². The maximum absolute atomic E-state index is 11.8. The predicted molar refractivity (Wildman–Crippen MR) is 141 cm³/mol. The number of nitrogens with zero attached hydrogens (tertiary/aromatic N) is 1. The quantitative estimate of drug-likeness (QED) is 0.332. The van der Waals surface area contributed by atoms with Gasteiger partial charge in [0.2, 0.25) is 0 Å². The molecule has 0 spiro atoms. The van der Waals surface area contributed by atoms with Gasteiger partial charge in [-0.1, -0.05) is 67.7 Å². The Hall–Kier alpha value is -1.16. The Kier molecular flexibility index (Phi) is 8.37. The number of aromatic hydroxyl groups is 2. The van der Waals surface area contributed by atoms with Crippen molar-refractivity contribution < 1.29 is 10.2 Å². The molecule has 0 bridgehead atoms. The molecule has 1 atom stereocenters. The van der Waals surface area contributed by atoms with Crippen LogP contribution in [-0.2, 0) is 11.8 Å².